The van der Waals surface area contributed by atoms with Crippen molar-refractivity contribution in [2.75, 3.05) is 7.11 Å². The van der Waals surface area contributed by atoms with Gasteiger partial charge in [0.1, 0.15) is 0 Å². The van der Waals surface area contributed by atoms with E-state index in [4.69, 9.17) is 12.2 Å². The Labute approximate surface area is 101 Å². The Kier molecular flexibility index (Phi) is 3.23. The zero-order chi connectivity index (χ0) is 12.4. The fourth-order valence-corrected chi connectivity index (χ4v) is 1.79. The fourth-order valence-electron chi connectivity index (χ4n) is 1.60. The summed E-state index contributed by atoms with van der Waals surface area (Å²) in [5.41, 5.74) is 1.27. The van der Waals surface area contributed by atoms with Gasteiger partial charge in [-0.2, -0.15) is 0 Å². The highest BCUT2D eigenvalue weighted by atomic mass is 32.1. The van der Waals surface area contributed by atoms with E-state index in [0.29, 0.717) is 16.8 Å². The number of ether oxygens (including phenoxy) is 1. The number of benzene rings is 1. The maximum Gasteiger partial charge on any atom is 0.190 e. The van der Waals surface area contributed by atoms with Crippen molar-refractivity contribution >= 4 is 12.2 Å². The fraction of sp³-hybridized carbons (Fsp3) is 0.182. The summed E-state index contributed by atoms with van der Waals surface area (Å²) >= 11 is 4.86. The molecule has 0 saturated heterocycles. The number of methoxy groups -OCH3 is 1. The van der Waals surface area contributed by atoms with E-state index >= 15 is 0 Å². The lowest BCUT2D eigenvalue weighted by atomic mass is 10.1. The SMILES string of the molecule is COc1c(F)cc(Cc2c[nH]c(=S)[nH]2)cc1F. The van der Waals surface area contributed by atoms with Gasteiger partial charge in [-0.25, -0.2) is 8.78 Å². The first-order valence-corrected chi connectivity index (χ1v) is 5.29. The summed E-state index contributed by atoms with van der Waals surface area (Å²) in [5.74, 6) is -1.79. The molecule has 6 heteroatoms. The second-order valence-corrected chi connectivity index (χ2v) is 3.95. The molecule has 1 heterocycles. The van der Waals surface area contributed by atoms with Crippen molar-refractivity contribution in [2.45, 2.75) is 6.42 Å². The molecule has 2 aromatic rings. The zero-order valence-electron chi connectivity index (χ0n) is 9.01. The molecule has 0 saturated carbocycles. The Bertz CT molecular complexity index is 568. The molecule has 0 aliphatic heterocycles. The third kappa shape index (κ3) is 2.52. The second kappa shape index (κ2) is 4.67. The number of hydrogen-bond acceptors (Lipinski definition) is 2. The second-order valence-electron chi connectivity index (χ2n) is 3.54. The molecular weight excluding hydrogens is 246 g/mol. The molecule has 0 unspecified atom stereocenters. The van der Waals surface area contributed by atoms with Crippen LogP contribution in [0, 0.1) is 16.4 Å². The lowest BCUT2D eigenvalue weighted by Gasteiger charge is -2.06. The molecule has 0 radical (unpaired) electrons. The standard InChI is InChI=1S/C11H10F2N2OS/c1-16-10-8(12)3-6(4-9(10)13)2-7-5-14-11(17)15-7/h3-5H,2H2,1H3,(H2,14,15,17). The molecule has 0 fully saturated rings. The predicted octanol–water partition coefficient (Wildman–Crippen LogP) is 2.95. The van der Waals surface area contributed by atoms with E-state index in [2.05, 4.69) is 14.7 Å². The van der Waals surface area contributed by atoms with Crippen LogP contribution in [0.1, 0.15) is 11.3 Å². The average Bonchev–Trinajstić information content (AvgIpc) is 2.63. The summed E-state index contributed by atoms with van der Waals surface area (Å²) < 4.78 is 31.9. The number of nitrogens with one attached hydrogen (secondary N) is 2. The minimum atomic E-state index is -0.711. The van der Waals surface area contributed by atoms with Crippen molar-refractivity contribution in [3.8, 4) is 5.75 Å². The highest BCUT2D eigenvalue weighted by Gasteiger charge is 2.11. The van der Waals surface area contributed by atoms with Gasteiger partial charge in [0.25, 0.3) is 0 Å². The smallest absolute Gasteiger partial charge is 0.190 e. The molecule has 3 nitrogen and oxygen atoms in total. The minimum Gasteiger partial charge on any atom is -0.491 e. The van der Waals surface area contributed by atoms with Gasteiger partial charge >= 0.3 is 0 Å². The number of aromatic nitrogens is 2. The normalized spacial score (nSPS) is 10.5. The first-order valence-electron chi connectivity index (χ1n) is 4.88. The van der Waals surface area contributed by atoms with Crippen LogP contribution < -0.4 is 4.74 Å². The quantitative estimate of drug-likeness (QED) is 0.829. The summed E-state index contributed by atoms with van der Waals surface area (Å²) in [7, 11) is 1.23. The Morgan fingerprint density at radius 3 is 2.41 bits per heavy atom. The summed E-state index contributed by atoms with van der Waals surface area (Å²) in [4.78, 5) is 5.66. The highest BCUT2D eigenvalue weighted by Crippen LogP contribution is 2.23. The van der Waals surface area contributed by atoms with E-state index in [0.717, 1.165) is 5.69 Å². The molecule has 1 aromatic heterocycles. The number of H-pyrrole nitrogens is 2. The molecular formula is C11H10F2N2OS. The molecule has 0 atom stereocenters. The van der Waals surface area contributed by atoms with Crippen LogP contribution in [0.4, 0.5) is 8.78 Å². The van der Waals surface area contributed by atoms with Gasteiger partial charge in [-0.15, -0.1) is 0 Å². The Morgan fingerprint density at radius 1 is 1.29 bits per heavy atom. The van der Waals surface area contributed by atoms with Crippen LogP contribution in [0.2, 0.25) is 0 Å². The third-order valence-corrected chi connectivity index (χ3v) is 2.53. The first kappa shape index (κ1) is 11.8. The van der Waals surface area contributed by atoms with E-state index in [1.165, 1.54) is 19.2 Å². The van der Waals surface area contributed by atoms with Crippen LogP contribution in [0.3, 0.4) is 0 Å². The predicted molar refractivity (Wildman–Crippen MR) is 61.7 cm³/mol. The molecule has 0 aliphatic rings. The van der Waals surface area contributed by atoms with E-state index in [-0.39, 0.29) is 5.75 Å². The molecule has 1 aromatic carbocycles. The minimum absolute atomic E-state index is 0.365. The largest absolute Gasteiger partial charge is 0.491 e. The van der Waals surface area contributed by atoms with E-state index < -0.39 is 11.6 Å². The van der Waals surface area contributed by atoms with Gasteiger partial charge in [-0.3, -0.25) is 0 Å². The lowest BCUT2D eigenvalue weighted by molar-refractivity contribution is 0.359. The van der Waals surface area contributed by atoms with E-state index in [1.807, 2.05) is 0 Å². The molecule has 17 heavy (non-hydrogen) atoms. The molecule has 0 spiro atoms. The van der Waals surface area contributed by atoms with E-state index in [1.54, 1.807) is 6.20 Å². The number of aromatic amines is 2. The van der Waals surface area contributed by atoms with Crippen molar-refractivity contribution in [3.05, 3.63) is 46.0 Å². The average molecular weight is 256 g/mol. The molecule has 2 rings (SSSR count). The summed E-state index contributed by atoms with van der Waals surface area (Å²) in [6, 6.07) is 2.48. The van der Waals surface area contributed by atoms with Gasteiger partial charge in [0.15, 0.2) is 22.2 Å². The van der Waals surface area contributed by atoms with Crippen molar-refractivity contribution in [3.63, 3.8) is 0 Å². The van der Waals surface area contributed by atoms with Crippen LogP contribution >= 0.6 is 12.2 Å². The van der Waals surface area contributed by atoms with E-state index in [9.17, 15) is 8.78 Å². The van der Waals surface area contributed by atoms with Crippen molar-refractivity contribution in [1.29, 1.82) is 0 Å². The lowest BCUT2D eigenvalue weighted by Crippen LogP contribution is -1.96. The van der Waals surface area contributed by atoms with Crippen molar-refractivity contribution in [2.24, 2.45) is 0 Å². The summed E-state index contributed by atoms with van der Waals surface area (Å²) in [6.45, 7) is 0. The number of imidazole rings is 1. The van der Waals surface area contributed by atoms with Crippen LogP contribution in [-0.4, -0.2) is 17.1 Å². The molecule has 0 bridgehead atoms. The van der Waals surface area contributed by atoms with Crippen LogP contribution in [0.15, 0.2) is 18.3 Å². The number of halogens is 2. The van der Waals surface area contributed by atoms with Gasteiger partial charge in [-0.05, 0) is 29.9 Å². The molecule has 90 valence electrons. The van der Waals surface area contributed by atoms with Gasteiger partial charge in [0, 0.05) is 18.3 Å². The summed E-state index contributed by atoms with van der Waals surface area (Å²) in [5, 5.41) is 0. The maximum absolute atomic E-state index is 13.4. The van der Waals surface area contributed by atoms with Crippen molar-refractivity contribution in [1.82, 2.24) is 9.97 Å². The van der Waals surface area contributed by atoms with Crippen LogP contribution in [0.25, 0.3) is 0 Å². The zero-order valence-corrected chi connectivity index (χ0v) is 9.83. The number of hydrogen-bond donors (Lipinski definition) is 2. The summed E-state index contributed by atoms with van der Waals surface area (Å²) in [6.07, 6.45) is 2.04. The van der Waals surface area contributed by atoms with Crippen LogP contribution in [-0.2, 0) is 6.42 Å². The Morgan fingerprint density at radius 2 is 1.94 bits per heavy atom. The molecule has 2 N–H and O–H groups in total. The Balaban J connectivity index is 2.31. The Hall–Kier alpha value is -1.69. The van der Waals surface area contributed by atoms with Gasteiger partial charge in [-0.1, -0.05) is 0 Å². The first-order chi connectivity index (χ1) is 8.10. The topological polar surface area (TPSA) is 40.8 Å². The van der Waals surface area contributed by atoms with Crippen molar-refractivity contribution < 1.29 is 13.5 Å². The molecule has 0 aliphatic carbocycles. The maximum atomic E-state index is 13.4. The number of rotatable bonds is 3. The van der Waals surface area contributed by atoms with Gasteiger partial charge in [0.2, 0.25) is 0 Å². The van der Waals surface area contributed by atoms with Gasteiger partial charge < -0.3 is 14.7 Å². The highest BCUT2D eigenvalue weighted by molar-refractivity contribution is 7.71. The monoisotopic (exact) mass is 256 g/mol. The third-order valence-electron chi connectivity index (χ3n) is 2.31. The van der Waals surface area contributed by atoms with Crippen LogP contribution in [0.5, 0.6) is 5.75 Å². The molecule has 0 amide bonds. The van der Waals surface area contributed by atoms with Gasteiger partial charge in [0.05, 0.1) is 7.11 Å².